The van der Waals surface area contributed by atoms with Crippen molar-refractivity contribution in [2.75, 3.05) is 20.6 Å². The van der Waals surface area contributed by atoms with Gasteiger partial charge in [-0.05, 0) is 83.5 Å². The van der Waals surface area contributed by atoms with Crippen LogP contribution in [0.25, 0.3) is 0 Å². The summed E-state index contributed by atoms with van der Waals surface area (Å²) in [5, 5.41) is 3.37. The summed E-state index contributed by atoms with van der Waals surface area (Å²) >= 11 is 0. The third-order valence-electron chi connectivity index (χ3n) is 4.29. The molecule has 1 N–H and O–H groups in total. The molecular weight excluding hydrogens is 232 g/mol. The van der Waals surface area contributed by atoms with Crippen LogP contribution in [0.2, 0.25) is 0 Å². The van der Waals surface area contributed by atoms with Gasteiger partial charge in [-0.2, -0.15) is 0 Å². The fourth-order valence-corrected chi connectivity index (χ4v) is 2.62. The standard InChI is InChI=1S/C17H30N2/c1-12-9-13(2)15(4)16(14(12)3)10-19(8)11-17(5,6)18-7/h9,18H,10-11H2,1-8H3. The normalized spacial score (nSPS) is 12.3. The Labute approximate surface area is 119 Å². The fraction of sp³-hybridized carbons (Fsp3) is 0.647. The van der Waals surface area contributed by atoms with Crippen LogP contribution in [0.4, 0.5) is 0 Å². The van der Waals surface area contributed by atoms with Gasteiger partial charge >= 0.3 is 0 Å². The number of likely N-dealkylation sites (N-methyl/N-ethyl adjacent to an activating group) is 2. The molecule has 2 heteroatoms. The van der Waals surface area contributed by atoms with E-state index in [1.54, 1.807) is 0 Å². The minimum Gasteiger partial charge on any atom is -0.314 e. The first-order chi connectivity index (χ1) is 8.68. The van der Waals surface area contributed by atoms with E-state index in [0.717, 1.165) is 13.1 Å². The molecule has 0 aliphatic carbocycles. The number of hydrogen-bond donors (Lipinski definition) is 1. The molecule has 0 unspecified atom stereocenters. The lowest BCUT2D eigenvalue weighted by Gasteiger charge is -2.31. The third kappa shape index (κ3) is 4.05. The van der Waals surface area contributed by atoms with Crippen molar-refractivity contribution in [2.45, 2.75) is 53.6 Å². The van der Waals surface area contributed by atoms with Gasteiger partial charge in [0.1, 0.15) is 0 Å². The van der Waals surface area contributed by atoms with Crippen molar-refractivity contribution in [3.63, 3.8) is 0 Å². The number of rotatable bonds is 5. The van der Waals surface area contributed by atoms with E-state index in [1.807, 2.05) is 7.05 Å². The molecule has 0 aliphatic heterocycles. The summed E-state index contributed by atoms with van der Waals surface area (Å²) in [4.78, 5) is 2.41. The molecule has 0 aromatic heterocycles. The van der Waals surface area contributed by atoms with Crippen molar-refractivity contribution in [3.8, 4) is 0 Å². The molecule has 0 aliphatic rings. The molecule has 1 aromatic carbocycles. The molecule has 0 heterocycles. The van der Waals surface area contributed by atoms with Gasteiger partial charge in [0.25, 0.3) is 0 Å². The first kappa shape index (κ1) is 16.2. The number of hydrogen-bond acceptors (Lipinski definition) is 2. The quantitative estimate of drug-likeness (QED) is 0.875. The second kappa shape index (κ2) is 6.06. The Morgan fingerprint density at radius 2 is 1.53 bits per heavy atom. The van der Waals surface area contributed by atoms with Crippen molar-refractivity contribution in [1.82, 2.24) is 10.2 Å². The maximum atomic E-state index is 3.37. The van der Waals surface area contributed by atoms with Gasteiger partial charge in [-0.15, -0.1) is 0 Å². The lowest BCUT2D eigenvalue weighted by atomic mass is 9.93. The van der Waals surface area contributed by atoms with E-state index >= 15 is 0 Å². The molecule has 1 rings (SSSR count). The van der Waals surface area contributed by atoms with E-state index < -0.39 is 0 Å². The highest BCUT2D eigenvalue weighted by Gasteiger charge is 2.18. The van der Waals surface area contributed by atoms with E-state index in [-0.39, 0.29) is 5.54 Å². The summed E-state index contributed by atoms with van der Waals surface area (Å²) in [5.74, 6) is 0. The largest absolute Gasteiger partial charge is 0.314 e. The zero-order valence-corrected chi connectivity index (χ0v) is 13.9. The lowest BCUT2D eigenvalue weighted by molar-refractivity contribution is 0.237. The molecule has 0 saturated heterocycles. The maximum Gasteiger partial charge on any atom is 0.0249 e. The first-order valence-corrected chi connectivity index (χ1v) is 7.11. The highest BCUT2D eigenvalue weighted by atomic mass is 15.1. The number of aryl methyl sites for hydroxylation is 2. The van der Waals surface area contributed by atoms with Crippen LogP contribution in [0.3, 0.4) is 0 Å². The highest BCUT2D eigenvalue weighted by molar-refractivity contribution is 5.43. The van der Waals surface area contributed by atoms with Crippen LogP contribution >= 0.6 is 0 Å². The van der Waals surface area contributed by atoms with Gasteiger partial charge in [0.2, 0.25) is 0 Å². The van der Waals surface area contributed by atoms with Crippen LogP contribution in [-0.2, 0) is 6.54 Å². The molecule has 0 radical (unpaired) electrons. The predicted molar refractivity (Wildman–Crippen MR) is 84.9 cm³/mol. The first-order valence-electron chi connectivity index (χ1n) is 7.11. The Kier molecular flexibility index (Phi) is 5.17. The summed E-state index contributed by atoms with van der Waals surface area (Å²) < 4.78 is 0. The Morgan fingerprint density at radius 1 is 1.05 bits per heavy atom. The van der Waals surface area contributed by atoms with Crippen molar-refractivity contribution in [3.05, 3.63) is 33.9 Å². The molecule has 0 saturated carbocycles. The van der Waals surface area contributed by atoms with Crippen LogP contribution < -0.4 is 5.32 Å². The van der Waals surface area contributed by atoms with Crippen molar-refractivity contribution in [1.29, 1.82) is 0 Å². The Morgan fingerprint density at radius 3 is 1.95 bits per heavy atom. The minimum atomic E-state index is 0.148. The average molecular weight is 262 g/mol. The monoisotopic (exact) mass is 262 g/mol. The lowest BCUT2D eigenvalue weighted by Crippen LogP contribution is -2.46. The Bertz CT molecular complexity index is 421. The second-order valence-corrected chi connectivity index (χ2v) is 6.55. The third-order valence-corrected chi connectivity index (χ3v) is 4.29. The Hall–Kier alpha value is -0.860. The zero-order chi connectivity index (χ0) is 14.8. The number of nitrogens with zero attached hydrogens (tertiary/aromatic N) is 1. The van der Waals surface area contributed by atoms with Gasteiger partial charge < -0.3 is 10.2 Å². The summed E-state index contributed by atoms with van der Waals surface area (Å²) in [6.07, 6.45) is 0. The second-order valence-electron chi connectivity index (χ2n) is 6.55. The van der Waals surface area contributed by atoms with E-state index in [9.17, 15) is 0 Å². The van der Waals surface area contributed by atoms with Gasteiger partial charge in [0.05, 0.1) is 0 Å². The molecule has 0 spiro atoms. The molecular formula is C17H30N2. The summed E-state index contributed by atoms with van der Waals surface area (Å²) in [5.41, 5.74) is 7.33. The molecule has 19 heavy (non-hydrogen) atoms. The SMILES string of the molecule is CNC(C)(C)CN(C)Cc1c(C)c(C)cc(C)c1C. The topological polar surface area (TPSA) is 15.3 Å². The van der Waals surface area contributed by atoms with Crippen molar-refractivity contribution < 1.29 is 0 Å². The van der Waals surface area contributed by atoms with Gasteiger partial charge in [-0.1, -0.05) is 6.07 Å². The van der Waals surface area contributed by atoms with Crippen molar-refractivity contribution >= 4 is 0 Å². The van der Waals surface area contributed by atoms with Gasteiger partial charge in [-0.25, -0.2) is 0 Å². The highest BCUT2D eigenvalue weighted by Crippen LogP contribution is 2.23. The molecule has 2 nitrogen and oxygen atoms in total. The van der Waals surface area contributed by atoms with E-state index in [4.69, 9.17) is 0 Å². The van der Waals surface area contributed by atoms with Crippen LogP contribution in [0.5, 0.6) is 0 Å². The van der Waals surface area contributed by atoms with Crippen LogP contribution in [0.1, 0.15) is 41.7 Å². The molecule has 1 aromatic rings. The smallest absolute Gasteiger partial charge is 0.0249 e. The van der Waals surface area contributed by atoms with Crippen LogP contribution in [0, 0.1) is 27.7 Å². The van der Waals surface area contributed by atoms with Crippen LogP contribution in [0.15, 0.2) is 6.07 Å². The van der Waals surface area contributed by atoms with Crippen molar-refractivity contribution in [2.24, 2.45) is 0 Å². The average Bonchev–Trinajstić information content (AvgIpc) is 2.31. The number of nitrogens with one attached hydrogen (secondary N) is 1. The maximum absolute atomic E-state index is 3.37. The Balaban J connectivity index is 2.94. The summed E-state index contributed by atoms with van der Waals surface area (Å²) in [6, 6.07) is 2.30. The molecule has 0 fully saturated rings. The molecule has 0 atom stereocenters. The fourth-order valence-electron chi connectivity index (χ4n) is 2.62. The van der Waals surface area contributed by atoms with E-state index in [0.29, 0.717) is 0 Å². The van der Waals surface area contributed by atoms with E-state index in [2.05, 4.69) is 64.9 Å². The minimum absolute atomic E-state index is 0.148. The molecule has 108 valence electrons. The van der Waals surface area contributed by atoms with Crippen LogP contribution in [-0.4, -0.2) is 31.1 Å². The predicted octanol–water partition coefficient (Wildman–Crippen LogP) is 3.35. The summed E-state index contributed by atoms with van der Waals surface area (Å²) in [7, 11) is 4.23. The van der Waals surface area contributed by atoms with Gasteiger partial charge in [0, 0.05) is 18.6 Å². The van der Waals surface area contributed by atoms with E-state index in [1.165, 1.54) is 27.8 Å². The zero-order valence-electron chi connectivity index (χ0n) is 13.9. The number of benzene rings is 1. The summed E-state index contributed by atoms with van der Waals surface area (Å²) in [6.45, 7) is 15.4. The van der Waals surface area contributed by atoms with Gasteiger partial charge in [-0.3, -0.25) is 0 Å². The van der Waals surface area contributed by atoms with Gasteiger partial charge in [0.15, 0.2) is 0 Å². The molecule has 0 amide bonds. The molecule has 0 bridgehead atoms.